The molecule has 4 atom stereocenters. The molecule has 136 valence electrons. The van der Waals surface area contributed by atoms with Gasteiger partial charge in [-0.05, 0) is 30.0 Å². The van der Waals surface area contributed by atoms with E-state index in [0.29, 0.717) is 6.42 Å². The minimum atomic E-state index is -0.566. The molecule has 0 amide bonds. The Morgan fingerprint density at radius 1 is 1.11 bits per heavy atom. The minimum absolute atomic E-state index is 0.0438. The average Bonchev–Trinajstić information content (AvgIpc) is 2.97. The van der Waals surface area contributed by atoms with Gasteiger partial charge in [0, 0.05) is 36.2 Å². The number of aliphatic hydroxyl groups is 1. The number of hydrogen-bond acceptors (Lipinski definition) is 3. The van der Waals surface area contributed by atoms with Crippen LogP contribution in [0.2, 0.25) is 0 Å². The third-order valence-electron chi connectivity index (χ3n) is 6.47. The van der Waals surface area contributed by atoms with Crippen molar-refractivity contribution in [2.24, 2.45) is 13.0 Å². The Kier molecular flexibility index (Phi) is 3.82. The van der Waals surface area contributed by atoms with Gasteiger partial charge in [0.15, 0.2) is 0 Å². The van der Waals surface area contributed by atoms with Crippen LogP contribution in [0.3, 0.4) is 0 Å². The number of para-hydroxylation sites is 1. The van der Waals surface area contributed by atoms with E-state index in [2.05, 4.69) is 71.1 Å². The van der Waals surface area contributed by atoms with E-state index in [-0.39, 0.29) is 18.0 Å². The van der Waals surface area contributed by atoms with Crippen molar-refractivity contribution < 1.29 is 5.11 Å². The Morgan fingerprint density at radius 3 is 2.63 bits per heavy atom. The first-order valence-corrected chi connectivity index (χ1v) is 9.62. The SMILES string of the molecule is Cn1c2c(c3ccccc31)C[C@H]1C(C#N)C(O)C[C@@H]2N1Cc1ccccc1. The lowest BCUT2D eigenvalue weighted by Gasteiger charge is -2.50. The van der Waals surface area contributed by atoms with E-state index in [1.54, 1.807) is 0 Å². The van der Waals surface area contributed by atoms with E-state index < -0.39 is 6.10 Å². The van der Waals surface area contributed by atoms with Gasteiger partial charge in [0.2, 0.25) is 0 Å². The van der Waals surface area contributed by atoms with Gasteiger partial charge in [-0.3, -0.25) is 4.90 Å². The van der Waals surface area contributed by atoms with Crippen LogP contribution in [0.1, 0.15) is 29.3 Å². The molecule has 4 nitrogen and oxygen atoms in total. The van der Waals surface area contributed by atoms with Crippen molar-refractivity contribution in [1.82, 2.24) is 9.47 Å². The molecule has 3 aromatic rings. The van der Waals surface area contributed by atoms with Crippen LogP contribution in [0.5, 0.6) is 0 Å². The topological polar surface area (TPSA) is 52.2 Å². The first kappa shape index (κ1) is 16.6. The molecule has 3 heterocycles. The van der Waals surface area contributed by atoms with Gasteiger partial charge in [0.1, 0.15) is 0 Å². The van der Waals surface area contributed by atoms with E-state index in [4.69, 9.17) is 0 Å². The molecule has 2 unspecified atom stereocenters. The quantitative estimate of drug-likeness (QED) is 0.763. The summed E-state index contributed by atoms with van der Waals surface area (Å²) < 4.78 is 2.29. The second-order valence-corrected chi connectivity index (χ2v) is 7.84. The van der Waals surface area contributed by atoms with E-state index in [1.807, 2.05) is 6.07 Å². The number of nitrogens with zero attached hydrogens (tertiary/aromatic N) is 3. The van der Waals surface area contributed by atoms with Gasteiger partial charge in [-0.1, -0.05) is 48.5 Å². The predicted octanol–water partition coefficient (Wildman–Crippen LogP) is 3.55. The molecule has 0 saturated carbocycles. The number of aromatic nitrogens is 1. The summed E-state index contributed by atoms with van der Waals surface area (Å²) in [6.45, 7) is 0.808. The summed E-state index contributed by atoms with van der Waals surface area (Å²) in [6, 6.07) is 21.6. The fourth-order valence-corrected chi connectivity index (χ4v) is 5.25. The molecular weight excluding hydrogens is 334 g/mol. The molecule has 0 radical (unpaired) electrons. The highest BCUT2D eigenvalue weighted by Crippen LogP contribution is 2.47. The number of nitriles is 1. The van der Waals surface area contributed by atoms with Crippen molar-refractivity contribution in [3.05, 3.63) is 71.4 Å². The van der Waals surface area contributed by atoms with Gasteiger partial charge in [-0.25, -0.2) is 0 Å². The second kappa shape index (κ2) is 6.23. The lowest BCUT2D eigenvalue weighted by Crippen LogP contribution is -2.55. The Labute approximate surface area is 159 Å². The van der Waals surface area contributed by atoms with Crippen LogP contribution in [-0.4, -0.2) is 26.7 Å². The third kappa shape index (κ3) is 2.43. The van der Waals surface area contributed by atoms with Crippen molar-refractivity contribution in [3.63, 3.8) is 0 Å². The van der Waals surface area contributed by atoms with E-state index >= 15 is 0 Å². The standard InChI is InChI=1S/C23H23N3O/c1-25-19-10-6-5-9-16(19)17-11-20-18(13-24)22(27)12-21(23(17)25)26(20)14-15-7-3-2-4-8-15/h2-10,18,20-22,27H,11-12,14H2,1H3/t18?,20-,21-,22?/m0/s1. The number of hydrogen-bond donors (Lipinski definition) is 1. The smallest absolute Gasteiger partial charge is 0.0881 e. The largest absolute Gasteiger partial charge is 0.392 e. The van der Waals surface area contributed by atoms with Crippen molar-refractivity contribution in [3.8, 4) is 6.07 Å². The molecule has 1 aromatic heterocycles. The number of fused-ring (bicyclic) bond motifs is 6. The van der Waals surface area contributed by atoms with Gasteiger partial charge >= 0.3 is 0 Å². The first-order chi connectivity index (χ1) is 13.2. The molecule has 1 N–H and O–H groups in total. The van der Waals surface area contributed by atoms with Gasteiger partial charge in [0.05, 0.1) is 24.1 Å². The van der Waals surface area contributed by atoms with Gasteiger partial charge in [-0.2, -0.15) is 5.26 Å². The van der Waals surface area contributed by atoms with Crippen LogP contribution in [0.4, 0.5) is 0 Å². The Hall–Kier alpha value is -2.61. The molecule has 1 fully saturated rings. The predicted molar refractivity (Wildman–Crippen MR) is 105 cm³/mol. The van der Waals surface area contributed by atoms with Crippen LogP contribution in [0, 0.1) is 17.2 Å². The van der Waals surface area contributed by atoms with E-state index in [1.165, 1.54) is 27.7 Å². The maximum Gasteiger partial charge on any atom is 0.0881 e. The molecule has 0 spiro atoms. The van der Waals surface area contributed by atoms with Gasteiger partial charge in [-0.15, -0.1) is 0 Å². The summed E-state index contributed by atoms with van der Waals surface area (Å²) in [5, 5.41) is 21.8. The first-order valence-electron chi connectivity index (χ1n) is 9.62. The molecule has 4 heteroatoms. The molecule has 2 aliphatic heterocycles. The fourth-order valence-electron chi connectivity index (χ4n) is 5.25. The number of aliphatic hydroxyl groups excluding tert-OH is 1. The van der Waals surface area contributed by atoms with Crippen molar-refractivity contribution in [1.29, 1.82) is 5.26 Å². The average molecular weight is 357 g/mol. The Balaban J connectivity index is 1.67. The lowest BCUT2D eigenvalue weighted by atomic mass is 9.75. The summed E-state index contributed by atoms with van der Waals surface area (Å²) >= 11 is 0. The zero-order valence-electron chi connectivity index (χ0n) is 15.4. The minimum Gasteiger partial charge on any atom is -0.392 e. The summed E-state index contributed by atoms with van der Waals surface area (Å²) in [6.07, 6.45) is 0.858. The Bertz CT molecular complexity index is 1030. The molecule has 2 aromatic carbocycles. The third-order valence-corrected chi connectivity index (χ3v) is 6.47. The maximum absolute atomic E-state index is 10.7. The highest BCUT2D eigenvalue weighted by Gasteiger charge is 2.48. The van der Waals surface area contributed by atoms with E-state index in [9.17, 15) is 10.4 Å². The van der Waals surface area contributed by atoms with Crippen molar-refractivity contribution in [2.75, 3.05) is 0 Å². The summed E-state index contributed by atoms with van der Waals surface area (Å²) in [5.74, 6) is -0.350. The molecule has 1 saturated heterocycles. The normalized spacial score (nSPS) is 27.3. The highest BCUT2D eigenvalue weighted by molar-refractivity contribution is 5.86. The van der Waals surface area contributed by atoms with Gasteiger partial charge in [0.25, 0.3) is 0 Å². The van der Waals surface area contributed by atoms with Crippen LogP contribution in [0.15, 0.2) is 54.6 Å². The number of benzene rings is 2. The molecule has 2 aliphatic rings. The van der Waals surface area contributed by atoms with Crippen LogP contribution < -0.4 is 0 Å². The second-order valence-electron chi connectivity index (χ2n) is 7.84. The summed E-state index contributed by atoms with van der Waals surface area (Å²) in [4.78, 5) is 2.46. The molecule has 27 heavy (non-hydrogen) atoms. The molecule has 0 aliphatic carbocycles. The molecule has 5 rings (SSSR count). The lowest BCUT2D eigenvalue weighted by molar-refractivity contribution is -0.0451. The zero-order valence-corrected chi connectivity index (χ0v) is 15.4. The van der Waals surface area contributed by atoms with Crippen molar-refractivity contribution in [2.45, 2.75) is 37.6 Å². The molecular formula is C23H23N3O. The van der Waals surface area contributed by atoms with Crippen LogP contribution in [-0.2, 0) is 20.0 Å². The zero-order chi connectivity index (χ0) is 18.5. The maximum atomic E-state index is 10.7. The summed E-state index contributed by atoms with van der Waals surface area (Å²) in [5.41, 5.74) is 5.15. The number of rotatable bonds is 2. The van der Waals surface area contributed by atoms with Crippen LogP contribution >= 0.6 is 0 Å². The monoisotopic (exact) mass is 357 g/mol. The fraction of sp³-hybridized carbons (Fsp3) is 0.348. The Morgan fingerprint density at radius 2 is 1.85 bits per heavy atom. The van der Waals surface area contributed by atoms with Gasteiger partial charge < -0.3 is 9.67 Å². The number of piperidine rings is 1. The van der Waals surface area contributed by atoms with E-state index in [0.717, 1.165) is 13.0 Å². The highest BCUT2D eigenvalue weighted by atomic mass is 16.3. The number of aryl methyl sites for hydroxylation is 1. The van der Waals surface area contributed by atoms with Crippen molar-refractivity contribution >= 4 is 10.9 Å². The molecule has 2 bridgehead atoms. The summed E-state index contributed by atoms with van der Waals surface area (Å²) in [7, 11) is 2.13. The van der Waals surface area contributed by atoms with Crippen LogP contribution in [0.25, 0.3) is 10.9 Å².